The van der Waals surface area contributed by atoms with Gasteiger partial charge >= 0.3 is 0 Å². The van der Waals surface area contributed by atoms with Crippen molar-refractivity contribution in [1.82, 2.24) is 4.98 Å². The SMILES string of the molecule is C=C(C)c1ccc(Nc2ccc(Oc3ccnc4cc(OCc5ccccc5)c(OC)cc34)cc2F)cc1. The second-order valence-corrected chi connectivity index (χ2v) is 8.83. The van der Waals surface area contributed by atoms with Gasteiger partial charge in [-0.25, -0.2) is 4.39 Å². The van der Waals surface area contributed by atoms with Gasteiger partial charge in [-0.15, -0.1) is 0 Å². The molecular weight excluding hydrogens is 479 g/mol. The topological polar surface area (TPSA) is 52.6 Å². The number of halogens is 1. The summed E-state index contributed by atoms with van der Waals surface area (Å²) in [6, 6.07) is 27.7. The van der Waals surface area contributed by atoms with Crippen molar-refractivity contribution in [3.05, 3.63) is 121 Å². The van der Waals surface area contributed by atoms with Crippen LogP contribution < -0.4 is 19.5 Å². The second-order valence-electron chi connectivity index (χ2n) is 8.83. The maximum atomic E-state index is 15.0. The highest BCUT2D eigenvalue weighted by Crippen LogP contribution is 2.38. The Morgan fingerprint density at radius 1 is 0.895 bits per heavy atom. The van der Waals surface area contributed by atoms with E-state index in [0.717, 1.165) is 27.8 Å². The predicted molar refractivity (Wildman–Crippen MR) is 150 cm³/mol. The average molecular weight is 507 g/mol. The molecule has 6 heteroatoms. The molecule has 0 atom stereocenters. The maximum Gasteiger partial charge on any atom is 0.163 e. The van der Waals surface area contributed by atoms with E-state index < -0.39 is 5.82 Å². The van der Waals surface area contributed by atoms with E-state index in [0.29, 0.717) is 40.8 Å². The Bertz CT molecular complexity index is 1580. The fourth-order valence-corrected chi connectivity index (χ4v) is 4.01. The predicted octanol–water partition coefficient (Wildman–Crippen LogP) is 8.53. The standard InChI is InChI=1S/C32H27FN2O3/c1-21(2)23-9-11-24(12-10-23)35-28-14-13-25(17-27(28)33)38-30-15-16-34-29-19-32(31(36-3)18-26(29)30)37-20-22-7-5-4-6-8-22/h4-19,35H,1,20H2,2-3H3. The average Bonchev–Trinajstić information content (AvgIpc) is 2.94. The summed E-state index contributed by atoms with van der Waals surface area (Å²) in [5, 5.41) is 3.82. The summed E-state index contributed by atoms with van der Waals surface area (Å²) in [6.45, 7) is 6.28. The van der Waals surface area contributed by atoms with Gasteiger partial charge < -0.3 is 19.5 Å². The van der Waals surface area contributed by atoms with Crippen LogP contribution in [0.4, 0.5) is 15.8 Å². The summed E-state index contributed by atoms with van der Waals surface area (Å²) < 4.78 is 32.6. The lowest BCUT2D eigenvalue weighted by Gasteiger charge is -2.14. The zero-order valence-electron chi connectivity index (χ0n) is 21.2. The molecule has 0 spiro atoms. The van der Waals surface area contributed by atoms with E-state index in [-0.39, 0.29) is 0 Å². The van der Waals surface area contributed by atoms with E-state index in [4.69, 9.17) is 14.2 Å². The van der Waals surface area contributed by atoms with E-state index in [9.17, 15) is 4.39 Å². The molecule has 0 saturated heterocycles. The molecule has 0 amide bonds. The maximum absolute atomic E-state index is 15.0. The number of fused-ring (bicyclic) bond motifs is 1. The summed E-state index contributed by atoms with van der Waals surface area (Å²) in [5.74, 6) is 1.58. The van der Waals surface area contributed by atoms with Gasteiger partial charge in [-0.3, -0.25) is 4.98 Å². The second kappa shape index (κ2) is 11.0. The molecule has 0 unspecified atom stereocenters. The van der Waals surface area contributed by atoms with Crippen LogP contribution in [0.1, 0.15) is 18.1 Å². The van der Waals surface area contributed by atoms with Gasteiger partial charge in [0.2, 0.25) is 0 Å². The van der Waals surface area contributed by atoms with Gasteiger partial charge in [0.05, 0.1) is 18.3 Å². The number of allylic oxidation sites excluding steroid dienone is 1. The van der Waals surface area contributed by atoms with Gasteiger partial charge in [0, 0.05) is 29.4 Å². The Labute approximate surface area is 221 Å². The Morgan fingerprint density at radius 3 is 2.39 bits per heavy atom. The molecule has 4 aromatic carbocycles. The number of rotatable bonds is 9. The Morgan fingerprint density at radius 2 is 1.68 bits per heavy atom. The quantitative estimate of drug-likeness (QED) is 0.217. The number of ether oxygens (including phenoxy) is 3. The van der Waals surface area contributed by atoms with Gasteiger partial charge in [0.25, 0.3) is 0 Å². The summed E-state index contributed by atoms with van der Waals surface area (Å²) >= 11 is 0. The minimum Gasteiger partial charge on any atom is -0.493 e. The van der Waals surface area contributed by atoms with Gasteiger partial charge in [0.15, 0.2) is 11.5 Å². The van der Waals surface area contributed by atoms with Gasteiger partial charge in [0.1, 0.15) is 23.9 Å². The first-order valence-corrected chi connectivity index (χ1v) is 12.1. The number of anilines is 2. The summed E-state index contributed by atoms with van der Waals surface area (Å²) in [5.41, 5.74) is 4.85. The minimum atomic E-state index is -0.431. The zero-order chi connectivity index (χ0) is 26.5. The zero-order valence-corrected chi connectivity index (χ0v) is 21.2. The molecule has 5 nitrogen and oxygen atoms in total. The number of methoxy groups -OCH3 is 1. The van der Waals surface area contributed by atoms with E-state index in [1.165, 1.54) is 6.07 Å². The molecule has 5 aromatic rings. The van der Waals surface area contributed by atoms with E-state index in [2.05, 4.69) is 16.9 Å². The number of nitrogens with one attached hydrogen (secondary N) is 1. The normalized spacial score (nSPS) is 10.7. The third kappa shape index (κ3) is 5.60. The van der Waals surface area contributed by atoms with Crippen molar-refractivity contribution in [2.75, 3.05) is 12.4 Å². The molecule has 5 rings (SSSR count). The van der Waals surface area contributed by atoms with Crippen LogP contribution in [0.5, 0.6) is 23.0 Å². The smallest absolute Gasteiger partial charge is 0.163 e. The van der Waals surface area contributed by atoms with Gasteiger partial charge in [-0.05, 0) is 54.4 Å². The molecule has 0 aliphatic heterocycles. The highest BCUT2D eigenvalue weighted by Gasteiger charge is 2.13. The molecule has 190 valence electrons. The Balaban J connectivity index is 1.35. The van der Waals surface area contributed by atoms with Crippen molar-refractivity contribution in [3.63, 3.8) is 0 Å². The first-order valence-electron chi connectivity index (χ1n) is 12.1. The summed E-state index contributed by atoms with van der Waals surface area (Å²) in [6.07, 6.45) is 1.64. The fourth-order valence-electron chi connectivity index (χ4n) is 4.01. The van der Waals surface area contributed by atoms with Crippen LogP contribution in [-0.2, 0) is 6.61 Å². The van der Waals surface area contributed by atoms with E-state index in [1.54, 1.807) is 31.5 Å². The van der Waals surface area contributed by atoms with Crippen LogP contribution in [0.3, 0.4) is 0 Å². The molecule has 1 N–H and O–H groups in total. The van der Waals surface area contributed by atoms with Crippen LogP contribution in [0, 0.1) is 5.82 Å². The monoisotopic (exact) mass is 506 g/mol. The van der Waals surface area contributed by atoms with Crippen molar-refractivity contribution in [1.29, 1.82) is 0 Å². The molecule has 0 radical (unpaired) electrons. The van der Waals surface area contributed by atoms with Crippen LogP contribution in [0.25, 0.3) is 16.5 Å². The van der Waals surface area contributed by atoms with Gasteiger partial charge in [-0.1, -0.05) is 54.6 Å². The number of benzene rings is 4. The Kier molecular flexibility index (Phi) is 7.22. The highest BCUT2D eigenvalue weighted by atomic mass is 19.1. The largest absolute Gasteiger partial charge is 0.493 e. The first kappa shape index (κ1) is 24.8. The summed E-state index contributed by atoms with van der Waals surface area (Å²) in [7, 11) is 1.58. The van der Waals surface area contributed by atoms with Crippen LogP contribution in [0.2, 0.25) is 0 Å². The lowest BCUT2D eigenvalue weighted by Crippen LogP contribution is -1.98. The fraction of sp³-hybridized carbons (Fsp3) is 0.0938. The van der Waals surface area contributed by atoms with Crippen LogP contribution in [-0.4, -0.2) is 12.1 Å². The van der Waals surface area contributed by atoms with Crippen molar-refractivity contribution < 1.29 is 18.6 Å². The third-order valence-corrected chi connectivity index (χ3v) is 6.05. The number of nitrogens with zero attached hydrogens (tertiary/aromatic N) is 1. The third-order valence-electron chi connectivity index (χ3n) is 6.05. The molecule has 1 aromatic heterocycles. The number of aromatic nitrogens is 1. The van der Waals surface area contributed by atoms with Crippen LogP contribution >= 0.6 is 0 Å². The van der Waals surface area contributed by atoms with E-state index in [1.807, 2.05) is 73.7 Å². The molecule has 0 bridgehead atoms. The highest BCUT2D eigenvalue weighted by molar-refractivity contribution is 5.88. The lowest BCUT2D eigenvalue weighted by atomic mass is 10.1. The molecule has 38 heavy (non-hydrogen) atoms. The van der Waals surface area contributed by atoms with Crippen molar-refractivity contribution >= 4 is 27.9 Å². The first-order chi connectivity index (χ1) is 18.5. The number of pyridine rings is 1. The van der Waals surface area contributed by atoms with Crippen molar-refractivity contribution in [2.45, 2.75) is 13.5 Å². The molecular formula is C32H27FN2O3. The Hall–Kier alpha value is -4.84. The van der Waals surface area contributed by atoms with Crippen molar-refractivity contribution in [2.24, 2.45) is 0 Å². The number of hydrogen-bond donors (Lipinski definition) is 1. The van der Waals surface area contributed by atoms with Crippen LogP contribution in [0.15, 0.2) is 104 Å². The molecule has 0 fully saturated rings. The molecule has 0 aliphatic rings. The van der Waals surface area contributed by atoms with Crippen molar-refractivity contribution in [3.8, 4) is 23.0 Å². The van der Waals surface area contributed by atoms with Gasteiger partial charge in [-0.2, -0.15) is 0 Å². The molecule has 0 aliphatic carbocycles. The molecule has 0 saturated carbocycles. The lowest BCUT2D eigenvalue weighted by molar-refractivity contribution is 0.285. The number of hydrogen-bond acceptors (Lipinski definition) is 5. The van der Waals surface area contributed by atoms with E-state index >= 15 is 0 Å². The summed E-state index contributed by atoms with van der Waals surface area (Å²) in [4.78, 5) is 4.46. The minimum absolute atomic E-state index is 0.349. The molecule has 1 heterocycles.